The van der Waals surface area contributed by atoms with Crippen LogP contribution in [0.15, 0.2) is 29.2 Å². The molecular formula is C19H26N4OS. The number of urea groups is 1. The first-order valence-corrected chi connectivity index (χ1v) is 9.99. The summed E-state index contributed by atoms with van der Waals surface area (Å²) < 4.78 is 0. The topological polar surface area (TPSA) is 61.0 Å². The van der Waals surface area contributed by atoms with Crippen molar-refractivity contribution in [3.8, 4) is 0 Å². The van der Waals surface area contributed by atoms with Crippen molar-refractivity contribution in [3.05, 3.63) is 46.8 Å². The SMILES string of the molecule is CSc1ccc(CN(C(=O)NCCc2c(C)n[nH]c2C)C2CC2)cc1. The first-order valence-electron chi connectivity index (χ1n) is 8.76. The van der Waals surface area contributed by atoms with Crippen LogP contribution < -0.4 is 5.32 Å². The average Bonchev–Trinajstić information content (AvgIpc) is 3.41. The number of aryl methyl sites for hydroxylation is 2. The summed E-state index contributed by atoms with van der Waals surface area (Å²) in [6.45, 7) is 5.32. The predicted octanol–water partition coefficient (Wildman–Crippen LogP) is 3.67. The van der Waals surface area contributed by atoms with Crippen LogP contribution in [0.2, 0.25) is 0 Å². The Kier molecular flexibility index (Phi) is 5.68. The number of nitrogens with zero attached hydrogens (tertiary/aromatic N) is 2. The minimum Gasteiger partial charge on any atom is -0.338 e. The summed E-state index contributed by atoms with van der Waals surface area (Å²) in [5, 5.41) is 10.3. The van der Waals surface area contributed by atoms with Gasteiger partial charge in [-0.2, -0.15) is 5.10 Å². The number of carbonyl (C=O) groups is 1. The van der Waals surface area contributed by atoms with Crippen molar-refractivity contribution in [1.29, 1.82) is 0 Å². The summed E-state index contributed by atoms with van der Waals surface area (Å²) in [7, 11) is 0. The molecular weight excluding hydrogens is 332 g/mol. The van der Waals surface area contributed by atoms with Crippen LogP contribution in [0, 0.1) is 13.8 Å². The molecule has 5 nitrogen and oxygen atoms in total. The third-order valence-electron chi connectivity index (χ3n) is 4.69. The van der Waals surface area contributed by atoms with Crippen LogP contribution in [0.3, 0.4) is 0 Å². The van der Waals surface area contributed by atoms with E-state index >= 15 is 0 Å². The van der Waals surface area contributed by atoms with Gasteiger partial charge in [-0.15, -0.1) is 11.8 Å². The molecule has 0 saturated heterocycles. The molecule has 0 unspecified atom stereocenters. The molecule has 0 spiro atoms. The molecule has 0 bridgehead atoms. The van der Waals surface area contributed by atoms with Gasteiger partial charge in [0.25, 0.3) is 0 Å². The van der Waals surface area contributed by atoms with Gasteiger partial charge in [0.2, 0.25) is 0 Å². The zero-order chi connectivity index (χ0) is 17.8. The standard InChI is InChI=1S/C19H26N4OS/c1-13-18(14(2)22-21-13)10-11-20-19(24)23(16-6-7-16)12-15-4-8-17(25-3)9-5-15/h4-5,8-9,16H,6-7,10-12H2,1-3H3,(H,20,24)(H,21,22). The second-order valence-electron chi connectivity index (χ2n) is 6.60. The molecule has 1 fully saturated rings. The molecule has 1 heterocycles. The molecule has 2 aromatic rings. The number of nitrogens with one attached hydrogen (secondary N) is 2. The zero-order valence-electron chi connectivity index (χ0n) is 15.1. The van der Waals surface area contributed by atoms with Gasteiger partial charge in [-0.05, 0) is 62.6 Å². The lowest BCUT2D eigenvalue weighted by Crippen LogP contribution is -2.41. The summed E-state index contributed by atoms with van der Waals surface area (Å²) in [6.07, 6.45) is 5.09. The van der Waals surface area contributed by atoms with Crippen LogP contribution in [-0.2, 0) is 13.0 Å². The summed E-state index contributed by atoms with van der Waals surface area (Å²) in [5.41, 5.74) is 4.48. The Balaban J connectivity index is 1.55. The lowest BCUT2D eigenvalue weighted by Gasteiger charge is -2.23. The van der Waals surface area contributed by atoms with E-state index in [0.717, 1.165) is 30.7 Å². The van der Waals surface area contributed by atoms with Gasteiger partial charge in [0.05, 0.1) is 5.69 Å². The van der Waals surface area contributed by atoms with Gasteiger partial charge < -0.3 is 10.2 Å². The third kappa shape index (κ3) is 4.57. The molecule has 1 aromatic heterocycles. The number of rotatable bonds is 7. The number of amides is 2. The van der Waals surface area contributed by atoms with E-state index < -0.39 is 0 Å². The first-order chi connectivity index (χ1) is 12.1. The van der Waals surface area contributed by atoms with Crippen molar-refractivity contribution in [2.75, 3.05) is 12.8 Å². The maximum atomic E-state index is 12.6. The second kappa shape index (κ2) is 7.95. The van der Waals surface area contributed by atoms with Crippen molar-refractivity contribution in [2.45, 2.75) is 50.6 Å². The van der Waals surface area contributed by atoms with Crippen LogP contribution in [-0.4, -0.2) is 40.0 Å². The van der Waals surface area contributed by atoms with E-state index in [1.54, 1.807) is 11.8 Å². The molecule has 1 aliphatic rings. The molecule has 0 atom stereocenters. The van der Waals surface area contributed by atoms with Gasteiger partial charge in [-0.3, -0.25) is 5.10 Å². The smallest absolute Gasteiger partial charge is 0.317 e. The lowest BCUT2D eigenvalue weighted by molar-refractivity contribution is 0.192. The maximum Gasteiger partial charge on any atom is 0.317 e. The molecule has 6 heteroatoms. The number of aromatic nitrogens is 2. The van der Waals surface area contributed by atoms with Gasteiger partial charge in [-0.1, -0.05) is 12.1 Å². The van der Waals surface area contributed by atoms with E-state index in [-0.39, 0.29) is 6.03 Å². The highest BCUT2D eigenvalue weighted by molar-refractivity contribution is 7.98. The van der Waals surface area contributed by atoms with E-state index in [0.29, 0.717) is 19.1 Å². The minimum atomic E-state index is 0.0373. The monoisotopic (exact) mass is 358 g/mol. The largest absolute Gasteiger partial charge is 0.338 e. The van der Waals surface area contributed by atoms with E-state index in [4.69, 9.17) is 0 Å². The van der Waals surface area contributed by atoms with Crippen molar-refractivity contribution in [1.82, 2.24) is 20.4 Å². The summed E-state index contributed by atoms with van der Waals surface area (Å²) in [5.74, 6) is 0. The Morgan fingerprint density at radius 2 is 2.04 bits per heavy atom. The Morgan fingerprint density at radius 3 is 2.60 bits per heavy atom. The van der Waals surface area contributed by atoms with E-state index in [9.17, 15) is 4.79 Å². The van der Waals surface area contributed by atoms with E-state index in [1.807, 2.05) is 18.7 Å². The first kappa shape index (κ1) is 17.9. The highest BCUT2D eigenvalue weighted by Gasteiger charge is 2.32. The van der Waals surface area contributed by atoms with Gasteiger partial charge >= 0.3 is 6.03 Å². The predicted molar refractivity (Wildman–Crippen MR) is 102 cm³/mol. The molecule has 3 rings (SSSR count). The Morgan fingerprint density at radius 1 is 1.32 bits per heavy atom. The van der Waals surface area contributed by atoms with Crippen LogP contribution in [0.4, 0.5) is 4.79 Å². The van der Waals surface area contributed by atoms with Crippen molar-refractivity contribution in [3.63, 3.8) is 0 Å². The van der Waals surface area contributed by atoms with Crippen molar-refractivity contribution < 1.29 is 4.79 Å². The van der Waals surface area contributed by atoms with Crippen molar-refractivity contribution in [2.24, 2.45) is 0 Å². The molecule has 1 saturated carbocycles. The summed E-state index contributed by atoms with van der Waals surface area (Å²) in [4.78, 5) is 15.9. The Hall–Kier alpha value is -1.95. The maximum absolute atomic E-state index is 12.6. The van der Waals surface area contributed by atoms with Crippen LogP contribution in [0.5, 0.6) is 0 Å². The second-order valence-corrected chi connectivity index (χ2v) is 7.48. The molecule has 2 amide bonds. The summed E-state index contributed by atoms with van der Waals surface area (Å²) >= 11 is 1.73. The van der Waals surface area contributed by atoms with Gasteiger partial charge in [0, 0.05) is 29.7 Å². The van der Waals surface area contributed by atoms with E-state index in [2.05, 4.69) is 46.0 Å². The molecule has 0 radical (unpaired) electrons. The number of aromatic amines is 1. The molecule has 134 valence electrons. The van der Waals surface area contributed by atoms with Crippen LogP contribution in [0.25, 0.3) is 0 Å². The Bertz CT molecular complexity index is 702. The fourth-order valence-electron chi connectivity index (χ4n) is 3.02. The summed E-state index contributed by atoms with van der Waals surface area (Å²) in [6, 6.07) is 8.90. The Labute approximate surface area is 153 Å². The van der Waals surface area contributed by atoms with Gasteiger partial charge in [-0.25, -0.2) is 4.79 Å². The molecule has 1 aliphatic carbocycles. The fourth-order valence-corrected chi connectivity index (χ4v) is 3.43. The molecule has 2 N–H and O–H groups in total. The number of benzene rings is 1. The number of H-pyrrole nitrogens is 1. The zero-order valence-corrected chi connectivity index (χ0v) is 15.9. The normalized spacial score (nSPS) is 13.7. The average molecular weight is 359 g/mol. The highest BCUT2D eigenvalue weighted by atomic mass is 32.2. The van der Waals surface area contributed by atoms with Crippen LogP contribution in [0.1, 0.15) is 35.4 Å². The quantitative estimate of drug-likeness (QED) is 0.743. The van der Waals surface area contributed by atoms with Gasteiger partial charge in [0.1, 0.15) is 0 Å². The van der Waals surface area contributed by atoms with E-state index in [1.165, 1.54) is 16.0 Å². The van der Waals surface area contributed by atoms with Crippen LogP contribution >= 0.6 is 11.8 Å². The molecule has 1 aromatic carbocycles. The fraction of sp³-hybridized carbons (Fsp3) is 0.474. The number of carbonyl (C=O) groups excluding carboxylic acids is 1. The third-order valence-corrected chi connectivity index (χ3v) is 5.44. The number of hydrogen-bond acceptors (Lipinski definition) is 3. The minimum absolute atomic E-state index is 0.0373. The highest BCUT2D eigenvalue weighted by Crippen LogP contribution is 2.28. The molecule has 25 heavy (non-hydrogen) atoms. The number of hydrogen-bond donors (Lipinski definition) is 2. The molecule has 0 aliphatic heterocycles. The lowest BCUT2D eigenvalue weighted by atomic mass is 10.1. The number of thioether (sulfide) groups is 1. The van der Waals surface area contributed by atoms with Gasteiger partial charge in [0.15, 0.2) is 0 Å². The van der Waals surface area contributed by atoms with Crippen molar-refractivity contribution >= 4 is 17.8 Å².